The SMILES string of the molecule is COc1ccc(C=C2N=C(SCCN3C(=O)c4ccccc4C3=O)N(c3ccccc3)C2=O)cc1. The summed E-state index contributed by atoms with van der Waals surface area (Å²) in [5.41, 5.74) is 2.67. The quantitative estimate of drug-likeness (QED) is 0.382. The van der Waals surface area contributed by atoms with Gasteiger partial charge in [0, 0.05) is 12.3 Å². The van der Waals surface area contributed by atoms with Crippen molar-refractivity contribution >= 4 is 46.4 Å². The minimum atomic E-state index is -0.296. The molecule has 0 N–H and O–H groups in total. The number of methoxy groups -OCH3 is 1. The van der Waals surface area contributed by atoms with Crippen LogP contribution in [-0.4, -0.2) is 47.2 Å². The van der Waals surface area contributed by atoms with Crippen LogP contribution >= 0.6 is 11.8 Å². The average Bonchev–Trinajstić information content (AvgIpc) is 3.33. The molecule has 0 spiro atoms. The Hall–Kier alpha value is -4.17. The number of anilines is 1. The number of amides is 3. The van der Waals surface area contributed by atoms with Gasteiger partial charge in [0.1, 0.15) is 11.4 Å². The van der Waals surface area contributed by atoms with Crippen LogP contribution < -0.4 is 9.64 Å². The molecule has 0 fully saturated rings. The number of hydrogen-bond donors (Lipinski definition) is 0. The van der Waals surface area contributed by atoms with Gasteiger partial charge in [-0.2, -0.15) is 0 Å². The highest BCUT2D eigenvalue weighted by Crippen LogP contribution is 2.30. The van der Waals surface area contributed by atoms with Crippen LogP contribution in [0, 0.1) is 0 Å². The molecule has 7 nitrogen and oxygen atoms in total. The van der Waals surface area contributed by atoms with E-state index in [1.165, 1.54) is 16.7 Å². The summed E-state index contributed by atoms with van der Waals surface area (Å²) in [7, 11) is 1.60. The molecule has 2 aliphatic rings. The minimum absolute atomic E-state index is 0.213. The molecule has 0 saturated carbocycles. The number of imide groups is 1. The van der Waals surface area contributed by atoms with E-state index in [0.29, 0.717) is 33.4 Å². The van der Waals surface area contributed by atoms with Crippen molar-refractivity contribution in [3.05, 3.63) is 101 Å². The van der Waals surface area contributed by atoms with Gasteiger partial charge in [0.2, 0.25) is 0 Å². The van der Waals surface area contributed by atoms with Crippen molar-refractivity contribution in [2.75, 3.05) is 24.3 Å². The first kappa shape index (κ1) is 22.6. The summed E-state index contributed by atoms with van der Waals surface area (Å²) in [6.45, 7) is 0.213. The summed E-state index contributed by atoms with van der Waals surface area (Å²) < 4.78 is 5.20. The topological polar surface area (TPSA) is 79.3 Å². The molecule has 0 saturated heterocycles. The van der Waals surface area contributed by atoms with Crippen LogP contribution in [0.1, 0.15) is 26.3 Å². The van der Waals surface area contributed by atoms with Crippen LogP contribution in [0.3, 0.4) is 0 Å². The van der Waals surface area contributed by atoms with E-state index in [9.17, 15) is 14.4 Å². The molecule has 2 heterocycles. The Labute approximate surface area is 206 Å². The lowest BCUT2D eigenvalue weighted by Gasteiger charge is -2.19. The number of nitrogens with zero attached hydrogens (tertiary/aromatic N) is 3. The molecule has 0 aliphatic carbocycles. The molecule has 3 aromatic rings. The maximum atomic E-state index is 13.3. The number of fused-ring (bicyclic) bond motifs is 1. The summed E-state index contributed by atoms with van der Waals surface area (Å²) in [5, 5.41) is 0.498. The third kappa shape index (κ3) is 4.36. The van der Waals surface area contributed by atoms with Crippen molar-refractivity contribution < 1.29 is 19.1 Å². The number of amidine groups is 1. The molecule has 0 aromatic heterocycles. The maximum Gasteiger partial charge on any atom is 0.283 e. The van der Waals surface area contributed by atoms with Crippen molar-refractivity contribution in [1.82, 2.24) is 4.90 Å². The second-order valence-corrected chi connectivity index (χ2v) is 8.89. The van der Waals surface area contributed by atoms with Crippen LogP contribution in [0.5, 0.6) is 5.75 Å². The Morgan fingerprint density at radius 1 is 0.829 bits per heavy atom. The van der Waals surface area contributed by atoms with Crippen molar-refractivity contribution in [1.29, 1.82) is 0 Å². The molecule has 0 unspecified atom stereocenters. The molecule has 174 valence electrons. The zero-order valence-electron chi connectivity index (χ0n) is 18.9. The number of para-hydroxylation sites is 1. The minimum Gasteiger partial charge on any atom is -0.497 e. The smallest absolute Gasteiger partial charge is 0.283 e. The largest absolute Gasteiger partial charge is 0.497 e. The summed E-state index contributed by atoms with van der Waals surface area (Å²) in [4.78, 5) is 46.0. The van der Waals surface area contributed by atoms with E-state index in [1.807, 2.05) is 54.6 Å². The molecule has 2 aliphatic heterocycles. The lowest BCUT2D eigenvalue weighted by atomic mass is 10.1. The first-order chi connectivity index (χ1) is 17.1. The van der Waals surface area contributed by atoms with Crippen molar-refractivity contribution in [2.24, 2.45) is 4.99 Å². The number of carbonyl (C=O) groups is 3. The molecular weight excluding hydrogens is 462 g/mol. The van der Waals surface area contributed by atoms with Gasteiger partial charge in [-0.05, 0) is 48.0 Å². The van der Waals surface area contributed by atoms with Crippen LogP contribution in [0.15, 0.2) is 89.6 Å². The third-order valence-electron chi connectivity index (χ3n) is 5.69. The van der Waals surface area contributed by atoms with E-state index in [-0.39, 0.29) is 24.3 Å². The van der Waals surface area contributed by atoms with Gasteiger partial charge in [0.25, 0.3) is 17.7 Å². The number of ether oxygens (including phenoxy) is 1. The Morgan fingerprint density at radius 3 is 2.09 bits per heavy atom. The molecule has 0 atom stereocenters. The number of aliphatic imine (C=N–C) groups is 1. The average molecular weight is 484 g/mol. The Bertz CT molecular complexity index is 1330. The molecule has 35 heavy (non-hydrogen) atoms. The number of hydrogen-bond acceptors (Lipinski definition) is 6. The second kappa shape index (κ2) is 9.60. The molecule has 0 radical (unpaired) electrons. The fraction of sp³-hybridized carbons (Fsp3) is 0.111. The summed E-state index contributed by atoms with van der Waals surface area (Å²) in [5.74, 6) is 0.293. The van der Waals surface area contributed by atoms with Gasteiger partial charge in [-0.1, -0.05) is 54.2 Å². The predicted molar refractivity (Wildman–Crippen MR) is 137 cm³/mol. The predicted octanol–water partition coefficient (Wildman–Crippen LogP) is 4.47. The number of thioether (sulfide) groups is 1. The lowest BCUT2D eigenvalue weighted by Crippen LogP contribution is -2.34. The monoisotopic (exact) mass is 483 g/mol. The van der Waals surface area contributed by atoms with Crippen molar-refractivity contribution in [3.63, 3.8) is 0 Å². The van der Waals surface area contributed by atoms with Gasteiger partial charge < -0.3 is 4.74 Å². The van der Waals surface area contributed by atoms with Crippen LogP contribution in [0.4, 0.5) is 5.69 Å². The van der Waals surface area contributed by atoms with Gasteiger partial charge >= 0.3 is 0 Å². The summed E-state index contributed by atoms with van der Waals surface area (Å²) >= 11 is 1.33. The fourth-order valence-corrected chi connectivity index (χ4v) is 4.86. The first-order valence-electron chi connectivity index (χ1n) is 11.0. The van der Waals surface area contributed by atoms with Crippen LogP contribution in [0.2, 0.25) is 0 Å². The van der Waals surface area contributed by atoms with Crippen LogP contribution in [-0.2, 0) is 4.79 Å². The molecular formula is C27H21N3O4S. The molecule has 3 aromatic carbocycles. The Morgan fingerprint density at radius 2 is 1.46 bits per heavy atom. The fourth-order valence-electron chi connectivity index (χ4n) is 3.93. The van der Waals surface area contributed by atoms with Gasteiger partial charge in [-0.25, -0.2) is 4.99 Å². The second-order valence-electron chi connectivity index (χ2n) is 7.83. The van der Waals surface area contributed by atoms with Gasteiger partial charge in [0.05, 0.1) is 23.9 Å². The van der Waals surface area contributed by atoms with Crippen molar-refractivity contribution in [3.8, 4) is 5.75 Å². The van der Waals surface area contributed by atoms with E-state index in [4.69, 9.17) is 4.74 Å². The zero-order valence-corrected chi connectivity index (χ0v) is 19.7. The van der Waals surface area contributed by atoms with Crippen molar-refractivity contribution in [2.45, 2.75) is 0 Å². The maximum absolute atomic E-state index is 13.3. The van der Waals surface area contributed by atoms with E-state index in [0.717, 1.165) is 11.3 Å². The van der Waals surface area contributed by atoms with Gasteiger partial charge in [-0.15, -0.1) is 0 Å². The molecule has 3 amide bonds. The normalized spacial score (nSPS) is 16.2. The van der Waals surface area contributed by atoms with Crippen LogP contribution in [0.25, 0.3) is 6.08 Å². The lowest BCUT2D eigenvalue weighted by molar-refractivity contribution is -0.113. The first-order valence-corrected chi connectivity index (χ1v) is 12.0. The highest BCUT2D eigenvalue weighted by molar-refractivity contribution is 8.14. The van der Waals surface area contributed by atoms with Gasteiger partial charge in [0.15, 0.2) is 5.17 Å². The number of benzene rings is 3. The molecule has 0 bridgehead atoms. The van der Waals surface area contributed by atoms with E-state index in [1.54, 1.807) is 42.4 Å². The highest BCUT2D eigenvalue weighted by Gasteiger charge is 2.36. The number of carbonyl (C=O) groups excluding carboxylic acids is 3. The summed E-state index contributed by atoms with van der Waals surface area (Å²) in [6, 6.07) is 23.4. The van der Waals surface area contributed by atoms with E-state index < -0.39 is 0 Å². The number of rotatable bonds is 6. The standard InChI is InChI=1S/C27H21N3O4S/c1-34-20-13-11-18(12-14-20)17-23-26(33)30(19-7-3-2-4-8-19)27(28-23)35-16-15-29-24(31)21-9-5-6-10-22(21)25(29)32/h2-14,17H,15-16H2,1H3. The zero-order chi connectivity index (χ0) is 24.4. The van der Waals surface area contributed by atoms with Gasteiger partial charge in [-0.3, -0.25) is 24.2 Å². The molecule has 8 heteroatoms. The molecule has 5 rings (SSSR count). The Balaban J connectivity index is 1.36. The Kier molecular flexibility index (Phi) is 6.20. The summed E-state index contributed by atoms with van der Waals surface area (Å²) in [6.07, 6.45) is 1.73. The third-order valence-corrected chi connectivity index (χ3v) is 6.61. The highest BCUT2D eigenvalue weighted by atomic mass is 32.2. The van der Waals surface area contributed by atoms with E-state index >= 15 is 0 Å². The van der Waals surface area contributed by atoms with E-state index in [2.05, 4.69) is 4.99 Å².